The maximum atomic E-state index is 12.4. The molecule has 128 valence electrons. The summed E-state index contributed by atoms with van der Waals surface area (Å²) in [6.45, 7) is 9.35. The minimum atomic E-state index is -0.288. The molecule has 1 aliphatic rings. The number of carbonyl (C=O) groups excluding carboxylic acids is 1. The second-order valence-corrected chi connectivity index (χ2v) is 6.60. The lowest BCUT2D eigenvalue weighted by Gasteiger charge is -2.35. The molecule has 5 nitrogen and oxygen atoms in total. The lowest BCUT2D eigenvalue weighted by atomic mass is 10.1. The summed E-state index contributed by atoms with van der Waals surface area (Å²) in [6, 6.07) is 8.19. The Morgan fingerprint density at radius 3 is 2.43 bits per heavy atom. The highest BCUT2D eigenvalue weighted by molar-refractivity contribution is 5.78. The molecule has 0 saturated carbocycles. The molecule has 1 aromatic rings. The fourth-order valence-electron chi connectivity index (χ4n) is 2.95. The number of nitrogens with zero attached hydrogens (tertiary/aromatic N) is 3. The van der Waals surface area contributed by atoms with Crippen molar-refractivity contribution in [2.75, 3.05) is 46.3 Å². The molecular weight excluding hydrogens is 290 g/mol. The molecule has 1 saturated heterocycles. The van der Waals surface area contributed by atoms with Crippen LogP contribution >= 0.6 is 0 Å². The van der Waals surface area contributed by atoms with Crippen LogP contribution in [0.2, 0.25) is 0 Å². The molecule has 1 amide bonds. The highest BCUT2D eigenvalue weighted by Gasteiger charge is 2.21. The third-order valence-electron chi connectivity index (χ3n) is 4.44. The predicted molar refractivity (Wildman–Crippen MR) is 92.2 cm³/mol. The van der Waals surface area contributed by atoms with Gasteiger partial charge in [-0.25, -0.2) is 0 Å². The number of hydrogen-bond donors (Lipinski definition) is 1. The van der Waals surface area contributed by atoms with Gasteiger partial charge in [0.25, 0.3) is 0 Å². The minimum absolute atomic E-state index is 0.164. The van der Waals surface area contributed by atoms with Gasteiger partial charge in [0.1, 0.15) is 0 Å². The standard InChI is InChI=1S/C18H29N3O2/c1-15-6-4-5-7-17(15)13-19(3)18(23)14-21-10-8-20(9-11-21)12-16(2)22/h4-7,16,22H,8-14H2,1-3H3. The van der Waals surface area contributed by atoms with Gasteiger partial charge in [0, 0.05) is 46.3 Å². The molecule has 23 heavy (non-hydrogen) atoms. The van der Waals surface area contributed by atoms with Crippen molar-refractivity contribution in [2.45, 2.75) is 26.5 Å². The number of piperazine rings is 1. The van der Waals surface area contributed by atoms with E-state index < -0.39 is 0 Å². The molecule has 1 fully saturated rings. The Morgan fingerprint density at radius 1 is 1.22 bits per heavy atom. The van der Waals surface area contributed by atoms with Gasteiger partial charge < -0.3 is 10.0 Å². The number of rotatable bonds is 6. The third kappa shape index (κ3) is 5.61. The zero-order valence-corrected chi connectivity index (χ0v) is 14.5. The van der Waals surface area contributed by atoms with E-state index in [4.69, 9.17) is 0 Å². The molecule has 5 heteroatoms. The third-order valence-corrected chi connectivity index (χ3v) is 4.44. The van der Waals surface area contributed by atoms with Crippen molar-refractivity contribution in [1.29, 1.82) is 0 Å². The molecule has 0 aliphatic carbocycles. The maximum absolute atomic E-state index is 12.4. The Hall–Kier alpha value is -1.43. The number of benzene rings is 1. The summed E-state index contributed by atoms with van der Waals surface area (Å²) in [6.07, 6.45) is -0.288. The van der Waals surface area contributed by atoms with Crippen molar-refractivity contribution < 1.29 is 9.90 Å². The van der Waals surface area contributed by atoms with Crippen LogP contribution in [0.3, 0.4) is 0 Å². The normalized spacial score (nSPS) is 17.9. The van der Waals surface area contributed by atoms with Crippen molar-refractivity contribution in [3.63, 3.8) is 0 Å². The summed E-state index contributed by atoms with van der Waals surface area (Å²) < 4.78 is 0. The second-order valence-electron chi connectivity index (χ2n) is 6.60. The number of β-amino-alcohol motifs (C(OH)–C–C–N with tert-alkyl or cyclic N) is 1. The average molecular weight is 319 g/mol. The van der Waals surface area contributed by atoms with E-state index in [1.807, 2.05) is 31.0 Å². The monoisotopic (exact) mass is 319 g/mol. The van der Waals surface area contributed by atoms with Crippen molar-refractivity contribution in [3.05, 3.63) is 35.4 Å². The lowest BCUT2D eigenvalue weighted by molar-refractivity contribution is -0.132. The van der Waals surface area contributed by atoms with Crippen molar-refractivity contribution in [3.8, 4) is 0 Å². The molecule has 0 bridgehead atoms. The quantitative estimate of drug-likeness (QED) is 0.848. The lowest BCUT2D eigenvalue weighted by Crippen LogP contribution is -2.50. The van der Waals surface area contributed by atoms with E-state index in [0.29, 0.717) is 13.1 Å². The van der Waals surface area contributed by atoms with Crippen molar-refractivity contribution >= 4 is 5.91 Å². The SMILES string of the molecule is Cc1ccccc1CN(C)C(=O)CN1CCN(CC(C)O)CC1. The first-order valence-electron chi connectivity index (χ1n) is 8.37. The van der Waals surface area contributed by atoms with Crippen LogP contribution in [0.15, 0.2) is 24.3 Å². The van der Waals surface area contributed by atoms with Gasteiger partial charge in [-0.05, 0) is 25.0 Å². The predicted octanol–water partition coefficient (Wildman–Crippen LogP) is 0.952. The zero-order chi connectivity index (χ0) is 16.8. The van der Waals surface area contributed by atoms with Gasteiger partial charge in [-0.2, -0.15) is 0 Å². The highest BCUT2D eigenvalue weighted by Crippen LogP contribution is 2.10. The minimum Gasteiger partial charge on any atom is -0.392 e. The van der Waals surface area contributed by atoms with E-state index in [0.717, 1.165) is 32.7 Å². The molecule has 1 heterocycles. The maximum Gasteiger partial charge on any atom is 0.236 e. The van der Waals surface area contributed by atoms with Gasteiger partial charge in [0.15, 0.2) is 0 Å². The summed E-state index contributed by atoms with van der Waals surface area (Å²) in [4.78, 5) is 18.7. The van der Waals surface area contributed by atoms with Gasteiger partial charge in [-0.1, -0.05) is 24.3 Å². The number of aliphatic hydroxyl groups is 1. The summed E-state index contributed by atoms with van der Waals surface area (Å²) in [5.41, 5.74) is 2.42. The van der Waals surface area contributed by atoms with E-state index in [9.17, 15) is 9.90 Å². The van der Waals surface area contributed by atoms with E-state index in [2.05, 4.69) is 28.9 Å². The largest absolute Gasteiger partial charge is 0.392 e. The van der Waals surface area contributed by atoms with Gasteiger partial charge in [0.2, 0.25) is 5.91 Å². The fourth-order valence-corrected chi connectivity index (χ4v) is 2.95. The van der Waals surface area contributed by atoms with Gasteiger partial charge >= 0.3 is 0 Å². The second kappa shape index (κ2) is 8.43. The van der Waals surface area contributed by atoms with Gasteiger partial charge in [0.05, 0.1) is 12.6 Å². The van der Waals surface area contributed by atoms with Crippen molar-refractivity contribution in [1.82, 2.24) is 14.7 Å². The van der Waals surface area contributed by atoms with Crippen LogP contribution in [0.4, 0.5) is 0 Å². The Morgan fingerprint density at radius 2 is 1.83 bits per heavy atom. The number of aliphatic hydroxyl groups excluding tert-OH is 1. The summed E-state index contributed by atoms with van der Waals surface area (Å²) >= 11 is 0. The van der Waals surface area contributed by atoms with Crippen LogP contribution in [0.1, 0.15) is 18.1 Å². The molecule has 0 aromatic heterocycles. The Balaban J connectivity index is 1.77. The molecule has 0 spiro atoms. The first-order chi connectivity index (χ1) is 11.0. The number of likely N-dealkylation sites (N-methyl/N-ethyl adjacent to an activating group) is 1. The number of hydrogen-bond acceptors (Lipinski definition) is 4. The zero-order valence-electron chi connectivity index (χ0n) is 14.5. The van der Waals surface area contributed by atoms with Crippen LogP contribution in [-0.2, 0) is 11.3 Å². The Kier molecular flexibility index (Phi) is 6.57. The molecule has 1 aliphatic heterocycles. The molecule has 1 unspecified atom stereocenters. The highest BCUT2D eigenvalue weighted by atomic mass is 16.3. The molecular formula is C18H29N3O2. The number of carbonyl (C=O) groups is 1. The van der Waals surface area contributed by atoms with Gasteiger partial charge in [-0.3, -0.25) is 14.6 Å². The van der Waals surface area contributed by atoms with Crippen LogP contribution in [-0.4, -0.2) is 78.1 Å². The van der Waals surface area contributed by atoms with Crippen LogP contribution in [0.5, 0.6) is 0 Å². The first-order valence-corrected chi connectivity index (χ1v) is 8.37. The van der Waals surface area contributed by atoms with E-state index in [1.54, 1.807) is 0 Å². The number of amides is 1. The van der Waals surface area contributed by atoms with Crippen LogP contribution in [0.25, 0.3) is 0 Å². The Bertz CT molecular complexity index is 511. The summed E-state index contributed by atoms with van der Waals surface area (Å²) in [5, 5.41) is 9.44. The van der Waals surface area contributed by atoms with E-state index in [-0.39, 0.29) is 12.0 Å². The molecule has 2 rings (SSSR count). The first kappa shape index (κ1) is 17.9. The smallest absolute Gasteiger partial charge is 0.236 e. The van der Waals surface area contributed by atoms with Crippen LogP contribution in [0, 0.1) is 6.92 Å². The summed E-state index contributed by atoms with van der Waals surface area (Å²) in [7, 11) is 1.87. The average Bonchev–Trinajstić information content (AvgIpc) is 2.51. The molecule has 1 N–H and O–H groups in total. The molecule has 0 radical (unpaired) electrons. The summed E-state index contributed by atoms with van der Waals surface area (Å²) in [5.74, 6) is 0.164. The Labute approximate surface area is 139 Å². The topological polar surface area (TPSA) is 47.0 Å². The molecule has 1 aromatic carbocycles. The number of aryl methyl sites for hydroxylation is 1. The van der Waals surface area contributed by atoms with E-state index >= 15 is 0 Å². The van der Waals surface area contributed by atoms with Crippen LogP contribution < -0.4 is 0 Å². The van der Waals surface area contributed by atoms with E-state index in [1.165, 1.54) is 11.1 Å². The fraction of sp³-hybridized carbons (Fsp3) is 0.611. The van der Waals surface area contributed by atoms with Gasteiger partial charge in [-0.15, -0.1) is 0 Å². The van der Waals surface area contributed by atoms with Crippen molar-refractivity contribution in [2.24, 2.45) is 0 Å². The molecule has 1 atom stereocenters.